The summed E-state index contributed by atoms with van der Waals surface area (Å²) in [7, 11) is 0. The van der Waals surface area contributed by atoms with Gasteiger partial charge in [-0.05, 0) is 44.9 Å². The van der Waals surface area contributed by atoms with Crippen LogP contribution in [0.25, 0.3) is 0 Å². The molecular formula is C17H31ClN2O3. The zero-order valence-electron chi connectivity index (χ0n) is 14.1. The molecule has 0 aromatic heterocycles. The lowest BCUT2D eigenvalue weighted by molar-refractivity contribution is -0.146. The summed E-state index contributed by atoms with van der Waals surface area (Å²) in [6.07, 6.45) is 7.91. The van der Waals surface area contributed by atoms with Gasteiger partial charge in [0.1, 0.15) is 0 Å². The Morgan fingerprint density at radius 2 is 2.00 bits per heavy atom. The van der Waals surface area contributed by atoms with Gasteiger partial charge in [0.25, 0.3) is 0 Å². The van der Waals surface area contributed by atoms with Crippen molar-refractivity contribution in [3.8, 4) is 0 Å². The molecule has 0 radical (unpaired) electrons. The molecule has 5 nitrogen and oxygen atoms in total. The highest BCUT2D eigenvalue weighted by Crippen LogP contribution is 2.54. The van der Waals surface area contributed by atoms with E-state index < -0.39 is 6.04 Å². The molecule has 2 saturated carbocycles. The van der Waals surface area contributed by atoms with Crippen LogP contribution in [0.15, 0.2) is 0 Å². The molecule has 1 saturated heterocycles. The van der Waals surface area contributed by atoms with Gasteiger partial charge in [0.2, 0.25) is 5.91 Å². The number of hydrogen-bond acceptors (Lipinski definition) is 4. The van der Waals surface area contributed by atoms with Crippen LogP contribution in [0.5, 0.6) is 0 Å². The molecule has 1 aliphatic heterocycles. The van der Waals surface area contributed by atoms with Crippen LogP contribution in [0.1, 0.15) is 51.9 Å². The maximum Gasteiger partial charge on any atom is 0.237 e. The molecule has 0 aromatic carbocycles. The summed E-state index contributed by atoms with van der Waals surface area (Å²) in [6.45, 7) is 4.27. The number of carbonyl (C=O) groups is 1. The van der Waals surface area contributed by atoms with Gasteiger partial charge in [0, 0.05) is 31.3 Å². The molecule has 23 heavy (non-hydrogen) atoms. The molecule has 134 valence electrons. The Morgan fingerprint density at radius 1 is 1.35 bits per heavy atom. The van der Waals surface area contributed by atoms with Crippen molar-refractivity contribution in [2.75, 3.05) is 19.8 Å². The lowest BCUT2D eigenvalue weighted by Crippen LogP contribution is -2.65. The Balaban J connectivity index is 0.00000192. The first-order chi connectivity index (χ1) is 10.7. The first kappa shape index (κ1) is 19.0. The lowest BCUT2D eigenvalue weighted by atomic mass is 9.60. The van der Waals surface area contributed by atoms with Gasteiger partial charge < -0.3 is 20.5 Å². The normalized spacial score (nSPS) is 31.2. The zero-order chi connectivity index (χ0) is 15.6. The van der Waals surface area contributed by atoms with Crippen molar-refractivity contribution in [1.29, 1.82) is 0 Å². The van der Waals surface area contributed by atoms with E-state index in [9.17, 15) is 4.79 Å². The van der Waals surface area contributed by atoms with E-state index in [1.165, 1.54) is 25.7 Å². The van der Waals surface area contributed by atoms with Crippen molar-refractivity contribution in [2.45, 2.75) is 70.1 Å². The Hall–Kier alpha value is -0.360. The van der Waals surface area contributed by atoms with Crippen LogP contribution in [0.4, 0.5) is 0 Å². The van der Waals surface area contributed by atoms with Crippen LogP contribution < -0.4 is 11.1 Å². The van der Waals surface area contributed by atoms with Crippen LogP contribution in [-0.2, 0) is 14.3 Å². The standard InChI is InChI=1S/C17H30N2O3.ClH/c1-2-22-14-11-13(17(14)7-3-4-8-17)19-16(20)15(18)12-5-9-21-10-6-12;/h12-15H,2-11,18H2,1H3,(H,19,20);1H. The fourth-order valence-corrected chi connectivity index (χ4v) is 4.65. The first-order valence-electron chi connectivity index (χ1n) is 8.92. The lowest BCUT2D eigenvalue weighted by Gasteiger charge is -2.54. The van der Waals surface area contributed by atoms with Crippen LogP contribution in [0.2, 0.25) is 0 Å². The molecule has 1 amide bonds. The Labute approximate surface area is 145 Å². The first-order valence-corrected chi connectivity index (χ1v) is 8.92. The van der Waals surface area contributed by atoms with E-state index in [-0.39, 0.29) is 35.7 Å². The quantitative estimate of drug-likeness (QED) is 0.798. The molecule has 3 unspecified atom stereocenters. The number of halogens is 1. The third-order valence-corrected chi connectivity index (χ3v) is 6.08. The summed E-state index contributed by atoms with van der Waals surface area (Å²) in [5.74, 6) is 0.286. The second kappa shape index (κ2) is 8.15. The summed E-state index contributed by atoms with van der Waals surface area (Å²) < 4.78 is 11.3. The van der Waals surface area contributed by atoms with Crippen LogP contribution in [0.3, 0.4) is 0 Å². The van der Waals surface area contributed by atoms with E-state index in [1.807, 2.05) is 0 Å². The van der Waals surface area contributed by atoms with E-state index >= 15 is 0 Å². The van der Waals surface area contributed by atoms with Crippen molar-refractivity contribution in [1.82, 2.24) is 5.32 Å². The van der Waals surface area contributed by atoms with Crippen molar-refractivity contribution in [3.63, 3.8) is 0 Å². The monoisotopic (exact) mass is 346 g/mol. The number of carbonyl (C=O) groups excluding carboxylic acids is 1. The average Bonchev–Trinajstić information content (AvgIpc) is 3.06. The van der Waals surface area contributed by atoms with Gasteiger partial charge >= 0.3 is 0 Å². The SMILES string of the molecule is CCOC1CC(NC(=O)C(N)C2CCOCC2)C12CCCC2.Cl. The topological polar surface area (TPSA) is 73.6 Å². The largest absolute Gasteiger partial charge is 0.381 e. The summed E-state index contributed by atoms with van der Waals surface area (Å²) in [5.41, 5.74) is 6.38. The maximum atomic E-state index is 12.5. The van der Waals surface area contributed by atoms with Gasteiger partial charge in [0.05, 0.1) is 12.1 Å². The molecule has 3 aliphatic rings. The van der Waals surface area contributed by atoms with E-state index in [4.69, 9.17) is 15.2 Å². The minimum Gasteiger partial charge on any atom is -0.381 e. The summed E-state index contributed by atoms with van der Waals surface area (Å²) in [4.78, 5) is 12.5. The molecule has 3 fully saturated rings. The third kappa shape index (κ3) is 3.68. The summed E-state index contributed by atoms with van der Waals surface area (Å²) >= 11 is 0. The zero-order valence-corrected chi connectivity index (χ0v) is 14.9. The fourth-order valence-electron chi connectivity index (χ4n) is 4.65. The van der Waals surface area contributed by atoms with E-state index in [0.717, 1.165) is 39.1 Å². The van der Waals surface area contributed by atoms with Crippen LogP contribution >= 0.6 is 12.4 Å². The van der Waals surface area contributed by atoms with Gasteiger partial charge in [-0.2, -0.15) is 0 Å². The minimum absolute atomic E-state index is 0. The van der Waals surface area contributed by atoms with Crippen molar-refractivity contribution >= 4 is 18.3 Å². The van der Waals surface area contributed by atoms with Gasteiger partial charge in [0.15, 0.2) is 0 Å². The Kier molecular flexibility index (Phi) is 6.72. The molecule has 1 heterocycles. The van der Waals surface area contributed by atoms with E-state index in [2.05, 4.69) is 12.2 Å². The van der Waals surface area contributed by atoms with Crippen molar-refractivity contribution in [2.24, 2.45) is 17.1 Å². The molecule has 3 rings (SSSR count). The summed E-state index contributed by atoms with van der Waals surface area (Å²) in [6, 6.07) is -0.140. The van der Waals surface area contributed by atoms with E-state index in [1.54, 1.807) is 0 Å². The van der Waals surface area contributed by atoms with Crippen LogP contribution in [-0.4, -0.2) is 43.9 Å². The van der Waals surface area contributed by atoms with E-state index in [0.29, 0.717) is 6.10 Å². The molecule has 6 heteroatoms. The number of amides is 1. The predicted octanol–water partition coefficient (Wildman–Crippen LogP) is 2.02. The molecule has 0 bridgehead atoms. The second-order valence-electron chi connectivity index (χ2n) is 7.16. The Bertz CT molecular complexity index is 395. The smallest absolute Gasteiger partial charge is 0.237 e. The highest BCUT2D eigenvalue weighted by molar-refractivity contribution is 5.85. The highest BCUT2D eigenvalue weighted by atomic mass is 35.5. The number of rotatable bonds is 5. The summed E-state index contributed by atoms with van der Waals surface area (Å²) in [5, 5.41) is 3.25. The average molecular weight is 347 g/mol. The minimum atomic E-state index is -0.395. The second-order valence-corrected chi connectivity index (χ2v) is 7.16. The van der Waals surface area contributed by atoms with Gasteiger partial charge in [-0.15, -0.1) is 12.4 Å². The number of nitrogens with one attached hydrogen (secondary N) is 1. The number of nitrogens with two attached hydrogens (primary N) is 1. The highest BCUT2D eigenvalue weighted by Gasteiger charge is 2.57. The van der Waals surface area contributed by atoms with Crippen LogP contribution in [0, 0.1) is 11.3 Å². The Morgan fingerprint density at radius 3 is 2.61 bits per heavy atom. The molecule has 0 aromatic rings. The van der Waals surface area contributed by atoms with Gasteiger partial charge in [-0.1, -0.05) is 12.8 Å². The molecule has 3 N–H and O–H groups in total. The third-order valence-electron chi connectivity index (χ3n) is 6.08. The molecule has 3 atom stereocenters. The predicted molar refractivity (Wildman–Crippen MR) is 91.6 cm³/mol. The molecular weight excluding hydrogens is 316 g/mol. The van der Waals surface area contributed by atoms with Crippen molar-refractivity contribution in [3.05, 3.63) is 0 Å². The fraction of sp³-hybridized carbons (Fsp3) is 0.941. The van der Waals surface area contributed by atoms with Gasteiger partial charge in [-0.25, -0.2) is 0 Å². The molecule has 2 aliphatic carbocycles. The van der Waals surface area contributed by atoms with Gasteiger partial charge in [-0.3, -0.25) is 4.79 Å². The maximum absolute atomic E-state index is 12.5. The number of hydrogen-bond donors (Lipinski definition) is 2. The molecule has 1 spiro atoms. The number of ether oxygens (including phenoxy) is 2. The van der Waals surface area contributed by atoms with Crippen molar-refractivity contribution < 1.29 is 14.3 Å².